The van der Waals surface area contributed by atoms with Crippen LogP contribution in [0.3, 0.4) is 0 Å². The van der Waals surface area contributed by atoms with Crippen molar-refractivity contribution >= 4 is 28.6 Å². The molecule has 1 heterocycles. The van der Waals surface area contributed by atoms with Crippen LogP contribution in [0.4, 0.5) is 0 Å². The molecule has 2 rings (SSSR count). The van der Waals surface area contributed by atoms with E-state index < -0.39 is 36.3 Å². The van der Waals surface area contributed by atoms with Gasteiger partial charge in [0.15, 0.2) is 0 Å². The molecule has 0 aliphatic carbocycles. The minimum absolute atomic E-state index is 0.0683. The Morgan fingerprint density at radius 3 is 2.46 bits per heavy atom. The van der Waals surface area contributed by atoms with E-state index in [0.717, 1.165) is 10.8 Å². The number of carbonyl (C=O) groups excluding carboxylic acids is 2. The van der Waals surface area contributed by atoms with Crippen molar-refractivity contribution in [3.63, 3.8) is 0 Å². The minimum atomic E-state index is -1.28. The van der Waals surface area contributed by atoms with Gasteiger partial charge in [-0.3, -0.25) is 0 Å². The third-order valence-electron chi connectivity index (χ3n) is 4.03. The molecule has 2 amide bonds. The summed E-state index contributed by atoms with van der Waals surface area (Å²) in [6.45, 7) is 3.75. The SMILES string of the molecule is CC(C)C[C@H](NC(=O)c1cc2ccccc2cn1)C(=O)N[C@H](C#[O+])CC(=O)O. The van der Waals surface area contributed by atoms with Gasteiger partial charge < -0.3 is 0 Å². The monoisotopic (exact) mass is 384 g/mol. The van der Waals surface area contributed by atoms with E-state index in [1.165, 1.54) is 6.15 Å². The van der Waals surface area contributed by atoms with Gasteiger partial charge >= 0.3 is 155 Å². The first-order valence-electron chi connectivity index (χ1n) is 8.85. The molecule has 1 aromatic carbocycles. The Morgan fingerprint density at radius 1 is 1.18 bits per heavy atom. The molecule has 0 saturated heterocycles. The third kappa shape index (κ3) is 5.90. The first kappa shape index (κ1) is 21.1. The molecular formula is C20H22N3O5+. The number of nitrogens with one attached hydrogen (secondary N) is 2. The molecule has 0 fully saturated rings. The zero-order chi connectivity index (χ0) is 20.7. The Kier molecular flexibility index (Phi) is 7.26. The molecule has 2 aromatic rings. The number of nitrogens with zero attached hydrogens (tertiary/aromatic N) is 1. The fraction of sp³-hybridized carbons (Fsp3) is 0.350. The molecule has 0 bridgehead atoms. The molecule has 8 nitrogen and oxygen atoms in total. The summed E-state index contributed by atoms with van der Waals surface area (Å²) in [6.07, 6.45) is 2.79. The molecular weight excluding hydrogens is 362 g/mol. The van der Waals surface area contributed by atoms with Crippen LogP contribution in [0.2, 0.25) is 0 Å². The van der Waals surface area contributed by atoms with E-state index in [1.54, 1.807) is 12.3 Å². The van der Waals surface area contributed by atoms with Gasteiger partial charge in [-0.1, -0.05) is 6.07 Å². The summed E-state index contributed by atoms with van der Waals surface area (Å²) in [7, 11) is 0. The maximum atomic E-state index is 12.6. The summed E-state index contributed by atoms with van der Waals surface area (Å²) in [6, 6.07) is 6.84. The fourth-order valence-corrected chi connectivity index (χ4v) is 2.71. The molecule has 0 saturated carbocycles. The second-order valence-corrected chi connectivity index (χ2v) is 6.85. The Hall–Kier alpha value is -3.22. The average molecular weight is 384 g/mol. The molecule has 0 radical (unpaired) electrons. The van der Waals surface area contributed by atoms with Crippen LogP contribution in [0.1, 0.15) is 37.2 Å². The van der Waals surface area contributed by atoms with Crippen LogP contribution in [0.5, 0.6) is 0 Å². The van der Waals surface area contributed by atoms with Gasteiger partial charge in [-0.15, -0.1) is 0 Å². The van der Waals surface area contributed by atoms with E-state index in [9.17, 15) is 19.0 Å². The second kappa shape index (κ2) is 9.64. The topological polar surface area (TPSA) is 128 Å². The second-order valence-electron chi connectivity index (χ2n) is 6.85. The number of hydrogen-bond donors (Lipinski definition) is 3. The number of fused-ring (bicyclic) bond motifs is 1. The van der Waals surface area contributed by atoms with Crippen molar-refractivity contribution in [2.45, 2.75) is 38.8 Å². The van der Waals surface area contributed by atoms with E-state index in [4.69, 9.17) is 5.11 Å². The van der Waals surface area contributed by atoms with Gasteiger partial charge in [-0.2, -0.15) is 0 Å². The van der Waals surface area contributed by atoms with Crippen molar-refractivity contribution in [2.75, 3.05) is 0 Å². The molecule has 0 unspecified atom stereocenters. The van der Waals surface area contributed by atoms with Crippen LogP contribution < -0.4 is 10.6 Å². The number of hydrogen-bond acceptors (Lipinski definition) is 4. The molecule has 146 valence electrons. The van der Waals surface area contributed by atoms with Crippen molar-refractivity contribution < 1.29 is 24.1 Å². The van der Waals surface area contributed by atoms with Crippen LogP contribution >= 0.6 is 0 Å². The first-order chi connectivity index (χ1) is 13.3. The van der Waals surface area contributed by atoms with Crippen molar-refractivity contribution in [1.82, 2.24) is 15.6 Å². The van der Waals surface area contributed by atoms with Crippen LogP contribution in [-0.4, -0.2) is 40.0 Å². The van der Waals surface area contributed by atoms with E-state index in [-0.39, 0.29) is 11.6 Å². The fourth-order valence-electron chi connectivity index (χ4n) is 2.71. The molecule has 3 N–H and O–H groups in total. The summed E-state index contributed by atoms with van der Waals surface area (Å²) in [5.74, 6) is -2.34. The summed E-state index contributed by atoms with van der Waals surface area (Å²) < 4.78 is 10.9. The number of benzene rings is 1. The number of pyridine rings is 1. The molecule has 28 heavy (non-hydrogen) atoms. The van der Waals surface area contributed by atoms with Gasteiger partial charge in [0.1, 0.15) is 0 Å². The summed E-state index contributed by atoms with van der Waals surface area (Å²) in [5.41, 5.74) is 0.157. The summed E-state index contributed by atoms with van der Waals surface area (Å²) >= 11 is 0. The van der Waals surface area contributed by atoms with Crippen molar-refractivity contribution in [2.24, 2.45) is 5.92 Å². The molecule has 0 spiro atoms. The van der Waals surface area contributed by atoms with Crippen LogP contribution in [0.15, 0.2) is 36.5 Å². The zero-order valence-corrected chi connectivity index (χ0v) is 15.6. The first-order valence-corrected chi connectivity index (χ1v) is 8.85. The quantitative estimate of drug-likeness (QED) is 0.597. The predicted molar refractivity (Wildman–Crippen MR) is 101 cm³/mol. The summed E-state index contributed by atoms with van der Waals surface area (Å²) in [5, 5.41) is 15.4. The predicted octanol–water partition coefficient (Wildman–Crippen LogP) is 1.73. The van der Waals surface area contributed by atoms with Crippen molar-refractivity contribution in [3.05, 3.63) is 42.2 Å². The Labute approximate surface area is 162 Å². The van der Waals surface area contributed by atoms with Gasteiger partial charge in [0.25, 0.3) is 0 Å². The van der Waals surface area contributed by atoms with Gasteiger partial charge in [-0.25, -0.2) is 0 Å². The number of amides is 2. The van der Waals surface area contributed by atoms with Crippen molar-refractivity contribution in [3.8, 4) is 6.15 Å². The van der Waals surface area contributed by atoms with Gasteiger partial charge in [-0.05, 0) is 0 Å². The van der Waals surface area contributed by atoms with Crippen molar-refractivity contribution in [1.29, 1.82) is 0 Å². The standard InChI is InChI=1S/C20H21N3O5/c1-12(2)7-17(20(28)22-15(11-24)9-18(25)26)23-19(27)16-8-13-5-3-4-6-14(13)10-21-16/h3-6,8,10,12,15,17H,7,9H2,1-2H3,(H2-,22,23,25,26,27,28)/p+1/t15-,17-/m0/s1. The van der Waals surface area contributed by atoms with Crippen LogP contribution in [0.25, 0.3) is 10.8 Å². The Bertz CT molecular complexity index is 919. The maximum absolute atomic E-state index is 12.6. The van der Waals surface area contributed by atoms with Gasteiger partial charge in [0.2, 0.25) is 0 Å². The normalized spacial score (nSPS) is 12.8. The van der Waals surface area contributed by atoms with Gasteiger partial charge in [0, 0.05) is 0 Å². The number of aromatic nitrogens is 1. The number of rotatable bonds is 8. The van der Waals surface area contributed by atoms with E-state index in [2.05, 4.69) is 15.6 Å². The summed E-state index contributed by atoms with van der Waals surface area (Å²) in [4.78, 5) is 40.0. The van der Waals surface area contributed by atoms with E-state index >= 15 is 0 Å². The van der Waals surface area contributed by atoms with Crippen LogP contribution in [-0.2, 0) is 14.2 Å². The molecule has 1 aromatic heterocycles. The third-order valence-corrected chi connectivity index (χ3v) is 4.03. The average Bonchev–Trinajstić information content (AvgIpc) is 2.65. The van der Waals surface area contributed by atoms with Gasteiger partial charge in [0.05, 0.1) is 0 Å². The molecule has 0 aliphatic heterocycles. The zero-order valence-electron chi connectivity index (χ0n) is 15.6. The van der Waals surface area contributed by atoms with E-state index in [0.29, 0.717) is 6.42 Å². The number of aliphatic carboxylic acids is 1. The van der Waals surface area contributed by atoms with Crippen LogP contribution in [0, 0.1) is 12.1 Å². The Morgan fingerprint density at radius 2 is 1.86 bits per heavy atom. The van der Waals surface area contributed by atoms with E-state index in [1.807, 2.05) is 38.1 Å². The number of carboxylic acids is 1. The molecule has 2 atom stereocenters. The molecule has 0 aliphatic rings. The number of carboxylic acid groups (broad SMARTS) is 1. The number of carbonyl (C=O) groups is 3. The molecule has 8 heteroatoms. The Balaban J connectivity index is 2.15.